The van der Waals surface area contributed by atoms with Gasteiger partial charge in [0.25, 0.3) is 0 Å². The summed E-state index contributed by atoms with van der Waals surface area (Å²) in [5, 5.41) is 16.1. The smallest absolute Gasteiger partial charge is 0.158 e. The summed E-state index contributed by atoms with van der Waals surface area (Å²) in [6, 6.07) is 10.9. The van der Waals surface area contributed by atoms with Crippen LogP contribution in [0.5, 0.6) is 0 Å². The number of nitrogens with zero attached hydrogens (tertiary/aromatic N) is 4. The van der Waals surface area contributed by atoms with Crippen LogP contribution < -0.4 is 5.32 Å². The fraction of sp³-hybridized carbons (Fsp3) is 0.444. The molecule has 5 rings (SSSR count). The maximum absolute atomic E-state index is 5.40. The van der Waals surface area contributed by atoms with Crippen LogP contribution in [-0.2, 0) is 10.3 Å². The van der Waals surface area contributed by atoms with E-state index in [9.17, 15) is 0 Å². The number of H-pyrrole nitrogens is 1. The van der Waals surface area contributed by atoms with E-state index in [-0.39, 0.29) is 11.0 Å². The second kappa shape index (κ2) is 8.32. The molecule has 34 heavy (non-hydrogen) atoms. The largest absolute Gasteiger partial charge is 0.380 e. The van der Waals surface area contributed by atoms with Crippen molar-refractivity contribution < 1.29 is 4.74 Å². The van der Waals surface area contributed by atoms with Crippen molar-refractivity contribution in [1.82, 2.24) is 30.1 Å². The Kier molecular flexibility index (Phi) is 5.57. The summed E-state index contributed by atoms with van der Waals surface area (Å²) < 4.78 is 7.23. The van der Waals surface area contributed by atoms with Gasteiger partial charge in [0.2, 0.25) is 0 Å². The highest BCUT2D eigenvalue weighted by atomic mass is 16.5. The second-order valence-corrected chi connectivity index (χ2v) is 10.8. The molecule has 0 atom stereocenters. The van der Waals surface area contributed by atoms with Crippen LogP contribution in [0.1, 0.15) is 57.2 Å². The molecule has 7 nitrogen and oxygen atoms in total. The Morgan fingerprint density at radius 1 is 1.18 bits per heavy atom. The average molecular weight is 459 g/mol. The third-order valence-electron chi connectivity index (χ3n) is 6.97. The maximum atomic E-state index is 5.40. The Labute approximate surface area is 201 Å². The molecule has 2 N–H and O–H groups in total. The van der Waals surface area contributed by atoms with Crippen molar-refractivity contribution in [1.29, 1.82) is 0 Å². The standard InChI is InChI=1S/C27H34N6O/c1-17(2)22-23(31-32-24(22)20-11-18(3)25-28-16-30-33(25)12-20)19-7-9-21(10-8-19)26(4,5)29-13-27(6)14-34-15-27/h7-12,16-17,29H,13-15H2,1-6H3,(H,31,32). The molecule has 4 aromatic rings. The fourth-order valence-corrected chi connectivity index (χ4v) is 4.72. The van der Waals surface area contributed by atoms with Gasteiger partial charge in [0.15, 0.2) is 5.65 Å². The van der Waals surface area contributed by atoms with E-state index in [0.29, 0.717) is 5.92 Å². The first-order chi connectivity index (χ1) is 16.2. The molecular weight excluding hydrogens is 424 g/mol. The van der Waals surface area contributed by atoms with Gasteiger partial charge in [-0.1, -0.05) is 45.0 Å². The Morgan fingerprint density at radius 2 is 1.91 bits per heavy atom. The summed E-state index contributed by atoms with van der Waals surface area (Å²) in [5.41, 5.74) is 8.75. The van der Waals surface area contributed by atoms with E-state index >= 15 is 0 Å². The van der Waals surface area contributed by atoms with E-state index in [2.05, 4.69) is 92.4 Å². The lowest BCUT2D eigenvalue weighted by molar-refractivity contribution is -0.101. The van der Waals surface area contributed by atoms with Gasteiger partial charge in [-0.2, -0.15) is 10.2 Å². The van der Waals surface area contributed by atoms with E-state index < -0.39 is 0 Å². The van der Waals surface area contributed by atoms with E-state index in [0.717, 1.165) is 53.5 Å². The number of fused-ring (bicyclic) bond motifs is 1. The third kappa shape index (κ3) is 4.03. The van der Waals surface area contributed by atoms with Crippen molar-refractivity contribution in [3.8, 4) is 22.5 Å². The van der Waals surface area contributed by atoms with Crippen molar-refractivity contribution in [2.75, 3.05) is 19.8 Å². The van der Waals surface area contributed by atoms with Crippen molar-refractivity contribution in [3.05, 3.63) is 59.5 Å². The normalized spacial score (nSPS) is 15.7. The molecule has 0 spiro atoms. The summed E-state index contributed by atoms with van der Waals surface area (Å²) in [6.45, 7) is 15.8. The van der Waals surface area contributed by atoms with E-state index in [4.69, 9.17) is 9.84 Å². The lowest BCUT2D eigenvalue weighted by Crippen LogP contribution is -2.51. The molecule has 4 heterocycles. The van der Waals surface area contributed by atoms with Gasteiger partial charge in [-0.3, -0.25) is 5.10 Å². The number of aromatic nitrogens is 5. The number of aromatic amines is 1. The number of rotatable bonds is 7. The molecule has 7 heteroatoms. The number of nitrogens with one attached hydrogen (secondary N) is 2. The predicted octanol–water partition coefficient (Wildman–Crippen LogP) is 5.08. The van der Waals surface area contributed by atoms with Crippen LogP contribution in [0.25, 0.3) is 28.2 Å². The van der Waals surface area contributed by atoms with Crippen LogP contribution in [0, 0.1) is 12.3 Å². The van der Waals surface area contributed by atoms with Gasteiger partial charge in [0.1, 0.15) is 6.33 Å². The summed E-state index contributed by atoms with van der Waals surface area (Å²) >= 11 is 0. The number of pyridine rings is 1. The topological polar surface area (TPSA) is 80.1 Å². The molecule has 1 aromatic carbocycles. The quantitative estimate of drug-likeness (QED) is 0.404. The van der Waals surface area contributed by atoms with Crippen molar-refractivity contribution in [2.45, 2.75) is 53.0 Å². The SMILES string of the molecule is Cc1cc(-c2[nH]nc(-c3ccc(C(C)(C)NCC4(C)COC4)cc3)c2C(C)C)cn2ncnc12. The van der Waals surface area contributed by atoms with Gasteiger partial charge in [0, 0.05) is 40.4 Å². The molecule has 1 aliphatic rings. The molecule has 0 aliphatic carbocycles. The maximum Gasteiger partial charge on any atom is 0.158 e. The first-order valence-corrected chi connectivity index (χ1v) is 12.0. The minimum atomic E-state index is -0.126. The molecule has 178 valence electrons. The fourth-order valence-electron chi connectivity index (χ4n) is 4.72. The highest BCUT2D eigenvalue weighted by molar-refractivity contribution is 5.76. The lowest BCUT2D eigenvalue weighted by atomic mass is 9.86. The molecule has 1 aliphatic heterocycles. The zero-order chi connectivity index (χ0) is 24.1. The molecule has 0 amide bonds. The first kappa shape index (κ1) is 22.7. The summed E-state index contributed by atoms with van der Waals surface area (Å²) in [6.07, 6.45) is 3.61. The van der Waals surface area contributed by atoms with Crippen LogP contribution >= 0.6 is 0 Å². The minimum Gasteiger partial charge on any atom is -0.380 e. The Morgan fingerprint density at radius 3 is 2.56 bits per heavy atom. The Balaban J connectivity index is 1.45. The molecule has 0 bridgehead atoms. The van der Waals surface area contributed by atoms with E-state index in [1.165, 1.54) is 11.1 Å². The first-order valence-electron chi connectivity index (χ1n) is 12.0. The molecule has 0 radical (unpaired) electrons. The van der Waals surface area contributed by atoms with Crippen LogP contribution in [0.3, 0.4) is 0 Å². The predicted molar refractivity (Wildman–Crippen MR) is 135 cm³/mol. The Bertz CT molecular complexity index is 1310. The number of ether oxygens (including phenoxy) is 1. The molecule has 0 saturated carbocycles. The van der Waals surface area contributed by atoms with Gasteiger partial charge in [-0.25, -0.2) is 9.50 Å². The number of aryl methyl sites for hydroxylation is 1. The lowest BCUT2D eigenvalue weighted by Gasteiger charge is -2.41. The second-order valence-electron chi connectivity index (χ2n) is 10.8. The van der Waals surface area contributed by atoms with Crippen LogP contribution in [0.15, 0.2) is 42.9 Å². The third-order valence-corrected chi connectivity index (χ3v) is 6.97. The molecule has 0 unspecified atom stereocenters. The summed E-state index contributed by atoms with van der Waals surface area (Å²) in [7, 11) is 0. The number of hydrogen-bond donors (Lipinski definition) is 2. The van der Waals surface area contributed by atoms with Gasteiger partial charge < -0.3 is 10.1 Å². The molecule has 1 fully saturated rings. The monoisotopic (exact) mass is 458 g/mol. The van der Waals surface area contributed by atoms with Crippen LogP contribution in [-0.4, -0.2) is 44.6 Å². The number of benzene rings is 1. The van der Waals surface area contributed by atoms with E-state index in [1.807, 2.05) is 10.7 Å². The number of hydrogen-bond acceptors (Lipinski definition) is 5. The van der Waals surface area contributed by atoms with Crippen LogP contribution in [0.4, 0.5) is 0 Å². The van der Waals surface area contributed by atoms with Gasteiger partial charge >= 0.3 is 0 Å². The molecule has 3 aromatic heterocycles. The average Bonchev–Trinajstić information content (AvgIpc) is 3.44. The zero-order valence-electron chi connectivity index (χ0n) is 20.9. The van der Waals surface area contributed by atoms with E-state index in [1.54, 1.807) is 6.33 Å². The van der Waals surface area contributed by atoms with Gasteiger partial charge in [0.05, 0.1) is 24.6 Å². The summed E-state index contributed by atoms with van der Waals surface area (Å²) in [5.74, 6) is 0.304. The molecular formula is C27H34N6O. The highest BCUT2D eigenvalue weighted by Gasteiger charge is 2.35. The molecule has 1 saturated heterocycles. The minimum absolute atomic E-state index is 0.126. The van der Waals surface area contributed by atoms with Crippen molar-refractivity contribution in [3.63, 3.8) is 0 Å². The Hall–Kier alpha value is -3.03. The zero-order valence-corrected chi connectivity index (χ0v) is 20.9. The summed E-state index contributed by atoms with van der Waals surface area (Å²) in [4.78, 5) is 4.34. The van der Waals surface area contributed by atoms with Gasteiger partial charge in [-0.15, -0.1) is 0 Å². The van der Waals surface area contributed by atoms with Crippen molar-refractivity contribution in [2.24, 2.45) is 5.41 Å². The van der Waals surface area contributed by atoms with Crippen molar-refractivity contribution >= 4 is 5.65 Å². The van der Waals surface area contributed by atoms with Gasteiger partial charge in [-0.05, 0) is 43.9 Å². The van der Waals surface area contributed by atoms with Crippen LogP contribution in [0.2, 0.25) is 0 Å². The highest BCUT2D eigenvalue weighted by Crippen LogP contribution is 2.36.